The van der Waals surface area contributed by atoms with E-state index < -0.39 is 47.5 Å². The number of rotatable bonds is 13. The fourth-order valence-corrected chi connectivity index (χ4v) is 5.62. The van der Waals surface area contributed by atoms with Crippen LogP contribution in [0.1, 0.15) is 53.4 Å². The molecule has 3 N–H and O–H groups in total. The lowest BCUT2D eigenvalue weighted by atomic mass is 9.79. The highest BCUT2D eigenvalue weighted by Crippen LogP contribution is 2.33. The van der Waals surface area contributed by atoms with Gasteiger partial charge in [-0.25, -0.2) is 0 Å². The topological polar surface area (TPSA) is 114 Å². The predicted octanol–water partition coefficient (Wildman–Crippen LogP) is 6.48. The highest BCUT2D eigenvalue weighted by atomic mass is 19.4. The van der Waals surface area contributed by atoms with Crippen molar-refractivity contribution in [3.05, 3.63) is 125 Å². The van der Waals surface area contributed by atoms with Gasteiger partial charge in [0.15, 0.2) is 5.41 Å². The van der Waals surface area contributed by atoms with Gasteiger partial charge >= 0.3 is 12.1 Å². The fraction of sp³-hybridized carbons (Fsp3) is 0.263. The summed E-state index contributed by atoms with van der Waals surface area (Å²) in [5.41, 5.74) is 0.586. The summed E-state index contributed by atoms with van der Waals surface area (Å²) in [6, 6.07) is 24.7. The van der Waals surface area contributed by atoms with Crippen LogP contribution in [-0.2, 0) is 43.6 Å². The number of anilines is 1. The first-order valence-corrected chi connectivity index (χ1v) is 15.9. The molecule has 4 rings (SSSR count). The van der Waals surface area contributed by atoms with Gasteiger partial charge in [0.05, 0.1) is 12.0 Å². The summed E-state index contributed by atoms with van der Waals surface area (Å²) < 4.78 is 45.0. The number of esters is 1. The van der Waals surface area contributed by atoms with E-state index in [9.17, 15) is 32.3 Å². The van der Waals surface area contributed by atoms with E-state index in [1.165, 1.54) is 12.1 Å². The molecule has 11 heteroatoms. The molecule has 0 unspecified atom stereocenters. The van der Waals surface area contributed by atoms with Gasteiger partial charge in [0.1, 0.15) is 6.61 Å². The van der Waals surface area contributed by atoms with E-state index in [-0.39, 0.29) is 25.1 Å². The molecule has 0 radical (unpaired) electrons. The first kappa shape index (κ1) is 36.4. The minimum atomic E-state index is -4.48. The predicted molar refractivity (Wildman–Crippen MR) is 181 cm³/mol. The minimum Gasteiger partial charge on any atom is -0.463 e. The summed E-state index contributed by atoms with van der Waals surface area (Å²) in [4.78, 5) is 53.8. The van der Waals surface area contributed by atoms with Gasteiger partial charge in [-0.05, 0) is 72.4 Å². The van der Waals surface area contributed by atoms with Gasteiger partial charge in [-0.1, -0.05) is 79.7 Å². The number of benzene rings is 4. The van der Waals surface area contributed by atoms with Crippen molar-refractivity contribution in [3.63, 3.8) is 0 Å². The fourth-order valence-electron chi connectivity index (χ4n) is 5.62. The van der Waals surface area contributed by atoms with Crippen molar-refractivity contribution in [2.75, 3.05) is 25.0 Å². The Hall–Kier alpha value is -5.45. The van der Waals surface area contributed by atoms with Crippen molar-refractivity contribution in [1.29, 1.82) is 0 Å². The smallest absolute Gasteiger partial charge is 0.416 e. The third kappa shape index (κ3) is 8.35. The SMILES string of the molecule is CCNC(=O)C(COC(=O)Cc1cccc(NC(=O)c2ccccc2-c2ccc(C(F)(F)F)cc2)c1CC)(C(=O)NCC)c1ccccc1. The molecule has 0 atom stereocenters. The van der Waals surface area contributed by atoms with Crippen LogP contribution in [0.5, 0.6) is 0 Å². The maximum Gasteiger partial charge on any atom is 0.416 e. The van der Waals surface area contributed by atoms with Crippen LogP contribution in [0.3, 0.4) is 0 Å². The molecule has 0 saturated carbocycles. The molecule has 0 spiro atoms. The molecular formula is C38H38F3N3O5. The molecular weight excluding hydrogens is 635 g/mol. The Morgan fingerprint density at radius 2 is 1.31 bits per heavy atom. The summed E-state index contributed by atoms with van der Waals surface area (Å²) in [6.07, 6.45) is -4.25. The summed E-state index contributed by atoms with van der Waals surface area (Å²) >= 11 is 0. The van der Waals surface area contributed by atoms with Gasteiger partial charge in [0, 0.05) is 24.3 Å². The zero-order chi connectivity index (χ0) is 35.6. The molecule has 49 heavy (non-hydrogen) atoms. The molecule has 256 valence electrons. The second-order valence-corrected chi connectivity index (χ2v) is 11.2. The van der Waals surface area contributed by atoms with Gasteiger partial charge in [0.2, 0.25) is 11.8 Å². The van der Waals surface area contributed by atoms with Crippen LogP contribution < -0.4 is 16.0 Å². The highest BCUT2D eigenvalue weighted by Gasteiger charge is 2.48. The third-order valence-electron chi connectivity index (χ3n) is 8.07. The van der Waals surface area contributed by atoms with Crippen molar-refractivity contribution in [3.8, 4) is 11.1 Å². The molecule has 4 aromatic carbocycles. The molecule has 0 aromatic heterocycles. The Labute approximate surface area is 283 Å². The third-order valence-corrected chi connectivity index (χ3v) is 8.07. The van der Waals surface area contributed by atoms with Crippen LogP contribution in [0, 0.1) is 0 Å². The quantitative estimate of drug-likeness (QED) is 0.111. The van der Waals surface area contributed by atoms with Crippen LogP contribution in [-0.4, -0.2) is 43.4 Å². The number of alkyl halides is 3. The largest absolute Gasteiger partial charge is 0.463 e. The van der Waals surface area contributed by atoms with Crippen LogP contribution in [0.4, 0.5) is 18.9 Å². The molecule has 0 heterocycles. The van der Waals surface area contributed by atoms with Crippen molar-refractivity contribution in [1.82, 2.24) is 10.6 Å². The first-order chi connectivity index (χ1) is 23.5. The van der Waals surface area contributed by atoms with E-state index in [0.717, 1.165) is 12.1 Å². The summed E-state index contributed by atoms with van der Waals surface area (Å²) in [5.74, 6) is -2.37. The molecule has 3 amide bonds. The van der Waals surface area contributed by atoms with Gasteiger partial charge < -0.3 is 20.7 Å². The van der Waals surface area contributed by atoms with Gasteiger partial charge in [-0.3, -0.25) is 19.2 Å². The van der Waals surface area contributed by atoms with Crippen molar-refractivity contribution in [2.45, 2.75) is 45.2 Å². The molecule has 0 saturated heterocycles. The van der Waals surface area contributed by atoms with E-state index in [1.54, 1.807) is 86.6 Å². The number of hydrogen-bond donors (Lipinski definition) is 3. The lowest BCUT2D eigenvalue weighted by Crippen LogP contribution is -2.57. The Bertz CT molecular complexity index is 1770. The van der Waals surface area contributed by atoms with Gasteiger partial charge in [-0.2, -0.15) is 13.2 Å². The van der Waals surface area contributed by atoms with Crippen molar-refractivity contribution >= 4 is 29.4 Å². The zero-order valence-corrected chi connectivity index (χ0v) is 27.4. The van der Waals surface area contributed by atoms with Crippen molar-refractivity contribution < 1.29 is 37.1 Å². The number of carbonyl (C=O) groups excluding carboxylic acids is 4. The monoisotopic (exact) mass is 673 g/mol. The maximum atomic E-state index is 13.6. The number of halogens is 3. The second kappa shape index (κ2) is 16.1. The van der Waals surface area contributed by atoms with Gasteiger partial charge in [0.25, 0.3) is 5.91 Å². The number of carbonyl (C=O) groups is 4. The van der Waals surface area contributed by atoms with Crippen LogP contribution in [0.2, 0.25) is 0 Å². The number of nitrogens with one attached hydrogen (secondary N) is 3. The Morgan fingerprint density at radius 3 is 1.90 bits per heavy atom. The lowest BCUT2D eigenvalue weighted by Gasteiger charge is -2.31. The molecule has 4 aromatic rings. The Kier molecular flexibility index (Phi) is 12.0. The van der Waals surface area contributed by atoms with E-state index in [0.29, 0.717) is 39.9 Å². The number of likely N-dealkylation sites (N-methyl/N-ethyl adjacent to an activating group) is 2. The molecule has 0 aliphatic carbocycles. The van der Waals surface area contributed by atoms with Crippen LogP contribution in [0.15, 0.2) is 97.1 Å². The standard InChI is InChI=1S/C38H38F3N3O5/c1-4-29-26(23-33(45)49-24-37(35(47)42-5-2,36(48)43-6-3)27-14-8-7-9-15-27)13-12-18-32(29)44-34(46)31-17-11-10-16-30(31)25-19-21-28(22-20-25)38(39,40)41/h7-22H,4-6,23-24H2,1-3H3,(H,42,47)(H,43,48)(H,44,46). The van der Waals surface area contributed by atoms with E-state index in [2.05, 4.69) is 16.0 Å². The number of amides is 3. The molecule has 0 bridgehead atoms. The average Bonchev–Trinajstić information content (AvgIpc) is 3.09. The average molecular weight is 674 g/mol. The number of hydrogen-bond acceptors (Lipinski definition) is 5. The second-order valence-electron chi connectivity index (χ2n) is 11.2. The Morgan fingerprint density at radius 1 is 0.694 bits per heavy atom. The minimum absolute atomic E-state index is 0.204. The zero-order valence-electron chi connectivity index (χ0n) is 27.4. The van der Waals surface area contributed by atoms with E-state index in [4.69, 9.17) is 4.74 Å². The highest BCUT2D eigenvalue weighted by molar-refractivity contribution is 6.11. The van der Waals surface area contributed by atoms with Crippen LogP contribution in [0.25, 0.3) is 11.1 Å². The first-order valence-electron chi connectivity index (χ1n) is 15.9. The maximum absolute atomic E-state index is 13.6. The summed E-state index contributed by atoms with van der Waals surface area (Å²) in [7, 11) is 0. The molecule has 0 aliphatic heterocycles. The van der Waals surface area contributed by atoms with Crippen molar-refractivity contribution in [2.24, 2.45) is 0 Å². The summed E-state index contributed by atoms with van der Waals surface area (Å²) in [6.45, 7) is 5.29. The normalized spacial score (nSPS) is 11.4. The number of ether oxygens (including phenoxy) is 1. The van der Waals surface area contributed by atoms with E-state index >= 15 is 0 Å². The Balaban J connectivity index is 1.57. The van der Waals surface area contributed by atoms with Gasteiger partial charge in [-0.15, -0.1) is 0 Å². The molecule has 0 aliphatic rings. The summed E-state index contributed by atoms with van der Waals surface area (Å²) in [5, 5.41) is 8.30. The van der Waals surface area contributed by atoms with E-state index in [1.807, 2.05) is 6.92 Å². The van der Waals surface area contributed by atoms with Crippen LogP contribution >= 0.6 is 0 Å². The molecule has 8 nitrogen and oxygen atoms in total. The lowest BCUT2D eigenvalue weighted by molar-refractivity contribution is -0.150. The molecule has 0 fully saturated rings.